The van der Waals surface area contributed by atoms with E-state index in [1.165, 1.54) is 6.07 Å². The lowest BCUT2D eigenvalue weighted by Crippen LogP contribution is -2.16. The third-order valence-corrected chi connectivity index (χ3v) is 3.33. The molecule has 0 bridgehead atoms. The zero-order valence-corrected chi connectivity index (χ0v) is 12.5. The Balaban J connectivity index is 3.44. The first-order valence-corrected chi connectivity index (χ1v) is 9.33. The Hall–Kier alpha value is -1.77. The summed E-state index contributed by atoms with van der Waals surface area (Å²) in [4.78, 5) is 22.0. The van der Waals surface area contributed by atoms with Gasteiger partial charge in [-0.05, 0) is 12.1 Å². The van der Waals surface area contributed by atoms with Gasteiger partial charge < -0.3 is 10.2 Å². The maximum absolute atomic E-state index is 11.0. The quantitative estimate of drug-likeness (QED) is 0.650. The summed E-state index contributed by atoms with van der Waals surface area (Å²) in [6.07, 6.45) is 0. The van der Waals surface area contributed by atoms with E-state index in [2.05, 4.69) is 11.5 Å². The Morgan fingerprint density at radius 3 is 2.00 bits per heavy atom. The summed E-state index contributed by atoms with van der Waals surface area (Å²) in [5.41, 5.74) is 2.75. The topological polar surface area (TPSA) is 74.6 Å². The van der Waals surface area contributed by atoms with Crippen molar-refractivity contribution in [1.29, 1.82) is 0 Å². The van der Waals surface area contributed by atoms with Gasteiger partial charge in [0.1, 0.15) is 8.07 Å². The van der Waals surface area contributed by atoms with Crippen molar-refractivity contribution in [2.45, 2.75) is 19.6 Å². The maximum Gasteiger partial charge on any atom is 0.336 e. The first-order chi connectivity index (χ1) is 8.61. The lowest BCUT2D eigenvalue weighted by atomic mass is 10.0. The van der Waals surface area contributed by atoms with E-state index in [1.54, 1.807) is 0 Å². The van der Waals surface area contributed by atoms with Crippen LogP contribution in [0, 0.1) is 11.5 Å². The van der Waals surface area contributed by atoms with Crippen molar-refractivity contribution in [3.63, 3.8) is 0 Å². The molecule has 0 fully saturated rings. The lowest BCUT2D eigenvalue weighted by molar-refractivity contribution is 0.0651. The van der Waals surface area contributed by atoms with Crippen LogP contribution in [0.3, 0.4) is 0 Å². The Labute approximate surface area is 117 Å². The van der Waals surface area contributed by atoms with Crippen LogP contribution in [0.2, 0.25) is 24.7 Å². The van der Waals surface area contributed by atoms with Crippen LogP contribution in [0.5, 0.6) is 0 Å². The molecule has 0 aliphatic rings. The molecule has 1 aromatic rings. The van der Waals surface area contributed by atoms with Gasteiger partial charge in [0.15, 0.2) is 0 Å². The minimum absolute atomic E-state index is 0.146. The van der Waals surface area contributed by atoms with E-state index >= 15 is 0 Å². The predicted molar refractivity (Wildman–Crippen MR) is 75.6 cm³/mol. The molecule has 100 valence electrons. The van der Waals surface area contributed by atoms with Crippen molar-refractivity contribution in [1.82, 2.24) is 0 Å². The highest BCUT2D eigenvalue weighted by molar-refractivity contribution is 6.83. The van der Waals surface area contributed by atoms with Gasteiger partial charge in [-0.2, -0.15) is 0 Å². The minimum atomic E-state index is -1.63. The van der Waals surface area contributed by atoms with Crippen LogP contribution in [0.15, 0.2) is 12.1 Å². The van der Waals surface area contributed by atoms with Gasteiger partial charge in [0.05, 0.1) is 16.1 Å². The van der Waals surface area contributed by atoms with Gasteiger partial charge >= 0.3 is 11.9 Å². The van der Waals surface area contributed by atoms with Crippen molar-refractivity contribution in [2.24, 2.45) is 0 Å². The van der Waals surface area contributed by atoms with Gasteiger partial charge in [-0.3, -0.25) is 0 Å². The molecule has 0 atom stereocenters. The van der Waals surface area contributed by atoms with Gasteiger partial charge in [0.2, 0.25) is 0 Å². The number of aromatic carboxylic acids is 2. The number of hydrogen-bond donors (Lipinski definition) is 2. The van der Waals surface area contributed by atoms with Crippen LogP contribution in [0.1, 0.15) is 26.3 Å². The zero-order chi connectivity index (χ0) is 14.8. The van der Waals surface area contributed by atoms with Crippen LogP contribution < -0.4 is 0 Å². The number of rotatable bonds is 2. The van der Waals surface area contributed by atoms with E-state index in [9.17, 15) is 9.59 Å². The van der Waals surface area contributed by atoms with Crippen molar-refractivity contribution in [2.75, 3.05) is 0 Å². The first-order valence-electron chi connectivity index (χ1n) is 5.45. The standard InChI is InChI=1S/C13H13ClO4Si/c1-19(2,3)5-4-8-6-9(12(15)16)10(13(17)18)7-11(8)14/h6-7H,1-3H3,(H,15,16)(H,17,18). The SMILES string of the molecule is C[Si](C)(C)C#Cc1cc(C(=O)O)c(C(=O)O)cc1Cl. The van der Waals surface area contributed by atoms with Crippen molar-refractivity contribution in [3.8, 4) is 11.5 Å². The maximum atomic E-state index is 11.0. The molecular formula is C13H13ClO4Si. The fraction of sp³-hybridized carbons (Fsp3) is 0.231. The number of carbonyl (C=O) groups is 2. The van der Waals surface area contributed by atoms with Crippen molar-refractivity contribution in [3.05, 3.63) is 33.8 Å². The van der Waals surface area contributed by atoms with E-state index in [1.807, 2.05) is 19.6 Å². The molecule has 0 aliphatic carbocycles. The van der Waals surface area contributed by atoms with Crippen LogP contribution in [0.25, 0.3) is 0 Å². The summed E-state index contributed by atoms with van der Waals surface area (Å²) in [7, 11) is -1.63. The molecule has 2 N–H and O–H groups in total. The van der Waals surface area contributed by atoms with Gasteiger partial charge in [0.25, 0.3) is 0 Å². The molecule has 0 aliphatic heterocycles. The third-order valence-electron chi connectivity index (χ3n) is 2.14. The second-order valence-electron chi connectivity index (χ2n) is 4.99. The van der Waals surface area contributed by atoms with Gasteiger partial charge in [0, 0.05) is 5.56 Å². The predicted octanol–water partition coefficient (Wildman–Crippen LogP) is 2.97. The molecule has 0 amide bonds. The number of hydrogen-bond acceptors (Lipinski definition) is 2. The van der Waals surface area contributed by atoms with Gasteiger partial charge in [-0.1, -0.05) is 37.2 Å². The van der Waals surface area contributed by atoms with E-state index in [-0.39, 0.29) is 16.1 Å². The molecule has 4 nitrogen and oxygen atoms in total. The Bertz CT molecular complexity index is 606. The molecule has 19 heavy (non-hydrogen) atoms. The molecule has 1 aromatic carbocycles. The van der Waals surface area contributed by atoms with E-state index in [4.69, 9.17) is 21.8 Å². The average molecular weight is 297 g/mol. The fourth-order valence-corrected chi connectivity index (χ4v) is 2.00. The molecule has 1 rings (SSSR count). The van der Waals surface area contributed by atoms with Crippen LogP contribution in [0.4, 0.5) is 0 Å². The summed E-state index contributed by atoms with van der Waals surface area (Å²) >= 11 is 5.94. The highest BCUT2D eigenvalue weighted by atomic mass is 35.5. The molecule has 0 spiro atoms. The second-order valence-corrected chi connectivity index (χ2v) is 10.1. The number of benzene rings is 1. The van der Waals surface area contributed by atoms with Crippen LogP contribution >= 0.6 is 11.6 Å². The molecule has 6 heteroatoms. The highest BCUT2D eigenvalue weighted by Crippen LogP contribution is 2.21. The van der Waals surface area contributed by atoms with Crippen molar-refractivity contribution < 1.29 is 19.8 Å². The lowest BCUT2D eigenvalue weighted by Gasteiger charge is -2.06. The normalized spacial score (nSPS) is 10.5. The number of carboxylic acids is 2. The Morgan fingerprint density at radius 1 is 1.11 bits per heavy atom. The van der Waals surface area contributed by atoms with E-state index < -0.39 is 20.0 Å². The minimum Gasteiger partial charge on any atom is -0.478 e. The molecule has 0 radical (unpaired) electrons. The average Bonchev–Trinajstić information content (AvgIpc) is 2.25. The summed E-state index contributed by atoms with van der Waals surface area (Å²) in [6, 6.07) is 2.34. The zero-order valence-electron chi connectivity index (χ0n) is 10.7. The largest absolute Gasteiger partial charge is 0.478 e. The van der Waals surface area contributed by atoms with Gasteiger partial charge in [-0.25, -0.2) is 9.59 Å². The molecular weight excluding hydrogens is 284 g/mol. The first kappa shape index (κ1) is 15.3. The Kier molecular flexibility index (Phi) is 4.40. The monoisotopic (exact) mass is 296 g/mol. The van der Waals surface area contributed by atoms with Crippen LogP contribution in [-0.4, -0.2) is 30.2 Å². The highest BCUT2D eigenvalue weighted by Gasteiger charge is 2.18. The fourth-order valence-electron chi connectivity index (χ4n) is 1.28. The van der Waals surface area contributed by atoms with Crippen molar-refractivity contribution >= 4 is 31.6 Å². The van der Waals surface area contributed by atoms with E-state index in [0.29, 0.717) is 5.56 Å². The Morgan fingerprint density at radius 2 is 1.58 bits per heavy atom. The molecule has 0 aromatic heterocycles. The third kappa shape index (κ3) is 4.12. The molecule has 0 saturated carbocycles. The number of carboxylic acid groups (broad SMARTS) is 2. The number of halogens is 1. The molecule has 0 saturated heterocycles. The smallest absolute Gasteiger partial charge is 0.336 e. The summed E-state index contributed by atoms with van der Waals surface area (Å²) in [5.74, 6) is 0.193. The summed E-state index contributed by atoms with van der Waals surface area (Å²) in [6.45, 7) is 6.12. The summed E-state index contributed by atoms with van der Waals surface area (Å²) < 4.78 is 0. The summed E-state index contributed by atoms with van der Waals surface area (Å²) in [5, 5.41) is 18.1. The van der Waals surface area contributed by atoms with Gasteiger partial charge in [-0.15, -0.1) is 5.54 Å². The molecule has 0 heterocycles. The second kappa shape index (κ2) is 5.47. The van der Waals surface area contributed by atoms with Crippen LogP contribution in [-0.2, 0) is 0 Å². The molecule has 0 unspecified atom stereocenters. The van der Waals surface area contributed by atoms with E-state index in [0.717, 1.165) is 6.07 Å².